The molecule has 86 valence electrons. The van der Waals surface area contributed by atoms with Gasteiger partial charge in [-0.05, 0) is 12.8 Å². The van der Waals surface area contributed by atoms with Gasteiger partial charge in [0.25, 0.3) is 0 Å². The Morgan fingerprint density at radius 3 is 3.07 bits per heavy atom. The summed E-state index contributed by atoms with van der Waals surface area (Å²) in [5.41, 5.74) is 5.37. The lowest BCUT2D eigenvalue weighted by Crippen LogP contribution is -2.36. The van der Waals surface area contributed by atoms with Crippen molar-refractivity contribution in [3.05, 3.63) is 0 Å². The van der Waals surface area contributed by atoms with Crippen LogP contribution in [0, 0.1) is 0 Å². The minimum Gasteiger partial charge on any atom is -0.480 e. The molecule has 0 bridgehead atoms. The van der Waals surface area contributed by atoms with E-state index in [9.17, 15) is 9.59 Å². The standard InChI is InChI=1S/C9H16N2O3S/c10-6(9(13)14)5-15-7-3-1-2-4-11-8(7)12/h6-7H,1-5,10H2,(H,11,12)(H,13,14)/t6-,7?/m1/s1. The highest BCUT2D eigenvalue weighted by molar-refractivity contribution is 8.00. The van der Waals surface area contributed by atoms with Gasteiger partial charge in [0.2, 0.25) is 5.91 Å². The Balaban J connectivity index is 2.35. The molecular formula is C9H16N2O3S. The van der Waals surface area contributed by atoms with E-state index in [0.717, 1.165) is 25.8 Å². The van der Waals surface area contributed by atoms with Crippen LogP contribution < -0.4 is 11.1 Å². The van der Waals surface area contributed by atoms with Crippen molar-refractivity contribution in [2.24, 2.45) is 5.73 Å². The van der Waals surface area contributed by atoms with Crippen LogP contribution in [0.2, 0.25) is 0 Å². The number of amides is 1. The van der Waals surface area contributed by atoms with Crippen molar-refractivity contribution in [2.75, 3.05) is 12.3 Å². The van der Waals surface area contributed by atoms with E-state index in [4.69, 9.17) is 10.8 Å². The van der Waals surface area contributed by atoms with E-state index in [1.165, 1.54) is 11.8 Å². The monoisotopic (exact) mass is 232 g/mol. The minimum absolute atomic E-state index is 0.00934. The van der Waals surface area contributed by atoms with Crippen LogP contribution in [0.25, 0.3) is 0 Å². The predicted octanol–water partition coefficient (Wildman–Crippen LogP) is -0.200. The quantitative estimate of drug-likeness (QED) is 0.624. The molecule has 5 nitrogen and oxygen atoms in total. The Labute approximate surface area is 92.8 Å². The number of nitrogens with two attached hydrogens (primary N) is 1. The van der Waals surface area contributed by atoms with E-state index >= 15 is 0 Å². The number of carboxylic acid groups (broad SMARTS) is 1. The van der Waals surface area contributed by atoms with Crippen LogP contribution in [-0.2, 0) is 9.59 Å². The van der Waals surface area contributed by atoms with E-state index in [2.05, 4.69) is 5.32 Å². The second-order valence-corrected chi connectivity index (χ2v) is 4.79. The van der Waals surface area contributed by atoms with Crippen molar-refractivity contribution in [3.8, 4) is 0 Å². The summed E-state index contributed by atoms with van der Waals surface area (Å²) >= 11 is 1.34. The van der Waals surface area contributed by atoms with Gasteiger partial charge in [-0.2, -0.15) is 0 Å². The summed E-state index contributed by atoms with van der Waals surface area (Å²) in [6, 6.07) is -0.883. The molecule has 15 heavy (non-hydrogen) atoms. The summed E-state index contributed by atoms with van der Waals surface area (Å²) in [6.07, 6.45) is 2.80. The van der Waals surface area contributed by atoms with Gasteiger partial charge in [0.1, 0.15) is 6.04 Å². The molecule has 0 aromatic carbocycles. The van der Waals surface area contributed by atoms with Crippen LogP contribution in [0.4, 0.5) is 0 Å². The highest BCUT2D eigenvalue weighted by atomic mass is 32.2. The van der Waals surface area contributed by atoms with Crippen molar-refractivity contribution in [1.29, 1.82) is 0 Å². The maximum absolute atomic E-state index is 11.5. The highest BCUT2D eigenvalue weighted by Gasteiger charge is 2.23. The highest BCUT2D eigenvalue weighted by Crippen LogP contribution is 2.20. The van der Waals surface area contributed by atoms with Crippen molar-refractivity contribution < 1.29 is 14.7 Å². The van der Waals surface area contributed by atoms with Gasteiger partial charge >= 0.3 is 5.97 Å². The zero-order valence-electron chi connectivity index (χ0n) is 8.44. The number of rotatable bonds is 4. The third-order valence-corrected chi connectivity index (χ3v) is 3.68. The van der Waals surface area contributed by atoms with Gasteiger partial charge < -0.3 is 16.2 Å². The second-order valence-electron chi connectivity index (χ2n) is 3.55. The molecule has 6 heteroatoms. The Hall–Kier alpha value is -0.750. The average Bonchev–Trinajstić information content (AvgIpc) is 2.39. The molecule has 1 rings (SSSR count). The first-order chi connectivity index (χ1) is 7.11. The molecule has 0 aromatic rings. The van der Waals surface area contributed by atoms with Crippen molar-refractivity contribution in [1.82, 2.24) is 5.32 Å². The van der Waals surface area contributed by atoms with Crippen LogP contribution in [0.1, 0.15) is 19.3 Å². The smallest absolute Gasteiger partial charge is 0.321 e. The average molecular weight is 232 g/mol. The second kappa shape index (κ2) is 5.97. The summed E-state index contributed by atoms with van der Waals surface area (Å²) in [5, 5.41) is 11.3. The van der Waals surface area contributed by atoms with Crippen molar-refractivity contribution in [3.63, 3.8) is 0 Å². The molecule has 0 saturated carbocycles. The fraction of sp³-hybridized carbons (Fsp3) is 0.778. The Morgan fingerprint density at radius 1 is 1.67 bits per heavy atom. The minimum atomic E-state index is -1.02. The van der Waals surface area contributed by atoms with Gasteiger partial charge in [-0.15, -0.1) is 11.8 Å². The summed E-state index contributed by atoms with van der Waals surface area (Å²) in [4.78, 5) is 22.0. The summed E-state index contributed by atoms with van der Waals surface area (Å²) < 4.78 is 0. The fourth-order valence-corrected chi connectivity index (χ4v) is 2.51. The molecule has 0 aromatic heterocycles. The van der Waals surface area contributed by atoms with Gasteiger partial charge in [0, 0.05) is 12.3 Å². The molecule has 0 radical (unpaired) electrons. The van der Waals surface area contributed by atoms with Gasteiger partial charge in [0.05, 0.1) is 5.25 Å². The zero-order chi connectivity index (χ0) is 11.3. The Bertz CT molecular complexity index is 248. The molecule has 1 amide bonds. The van der Waals surface area contributed by atoms with E-state index in [1.54, 1.807) is 0 Å². The van der Waals surface area contributed by atoms with E-state index in [0.29, 0.717) is 0 Å². The molecule has 1 aliphatic rings. The molecule has 1 fully saturated rings. The van der Waals surface area contributed by atoms with Crippen molar-refractivity contribution in [2.45, 2.75) is 30.6 Å². The van der Waals surface area contributed by atoms with Gasteiger partial charge in [0.15, 0.2) is 0 Å². The third kappa shape index (κ3) is 4.09. The normalized spacial score (nSPS) is 24.1. The summed E-state index contributed by atoms with van der Waals surface area (Å²) in [5.74, 6) is -0.723. The Morgan fingerprint density at radius 2 is 2.40 bits per heavy atom. The first kappa shape index (κ1) is 12.3. The third-order valence-electron chi connectivity index (χ3n) is 2.28. The van der Waals surface area contributed by atoms with Gasteiger partial charge in [-0.3, -0.25) is 9.59 Å². The van der Waals surface area contributed by atoms with Crippen LogP contribution in [0.15, 0.2) is 0 Å². The largest absolute Gasteiger partial charge is 0.480 e. The molecule has 0 aliphatic carbocycles. The van der Waals surface area contributed by atoms with Crippen molar-refractivity contribution >= 4 is 23.6 Å². The number of nitrogens with one attached hydrogen (secondary N) is 1. The summed E-state index contributed by atoms with van der Waals surface area (Å²) in [6.45, 7) is 0.723. The molecule has 2 atom stereocenters. The molecular weight excluding hydrogens is 216 g/mol. The lowest BCUT2D eigenvalue weighted by Gasteiger charge is -2.13. The SMILES string of the molecule is N[C@H](CSC1CCCCNC1=O)C(=O)O. The maximum atomic E-state index is 11.5. The van der Waals surface area contributed by atoms with E-state index in [1.807, 2.05) is 0 Å². The number of aliphatic carboxylic acids is 1. The number of hydrogen-bond acceptors (Lipinski definition) is 4. The molecule has 0 spiro atoms. The molecule has 1 heterocycles. The van der Waals surface area contributed by atoms with Gasteiger partial charge in [-0.1, -0.05) is 6.42 Å². The van der Waals surface area contributed by atoms with Crippen LogP contribution in [0.5, 0.6) is 0 Å². The first-order valence-corrected chi connectivity index (χ1v) is 6.04. The van der Waals surface area contributed by atoms with E-state index in [-0.39, 0.29) is 16.9 Å². The van der Waals surface area contributed by atoms with Crippen LogP contribution in [0.3, 0.4) is 0 Å². The number of carbonyl (C=O) groups excluding carboxylic acids is 1. The number of thioether (sulfide) groups is 1. The lowest BCUT2D eigenvalue weighted by atomic mass is 10.2. The number of hydrogen-bond donors (Lipinski definition) is 3. The number of carbonyl (C=O) groups is 2. The topological polar surface area (TPSA) is 92.4 Å². The molecule has 1 aliphatic heterocycles. The first-order valence-electron chi connectivity index (χ1n) is 4.99. The Kier molecular flexibility index (Phi) is 4.90. The van der Waals surface area contributed by atoms with Crippen LogP contribution >= 0.6 is 11.8 Å². The molecule has 1 saturated heterocycles. The van der Waals surface area contributed by atoms with Gasteiger partial charge in [-0.25, -0.2) is 0 Å². The summed E-state index contributed by atoms with van der Waals surface area (Å²) in [7, 11) is 0. The fourth-order valence-electron chi connectivity index (χ4n) is 1.36. The number of carboxylic acids is 1. The molecule has 4 N–H and O–H groups in total. The predicted molar refractivity (Wildman–Crippen MR) is 58.7 cm³/mol. The zero-order valence-corrected chi connectivity index (χ0v) is 9.26. The molecule has 1 unspecified atom stereocenters. The lowest BCUT2D eigenvalue weighted by molar-refractivity contribution is -0.138. The van der Waals surface area contributed by atoms with E-state index < -0.39 is 12.0 Å². The van der Waals surface area contributed by atoms with Crippen LogP contribution in [-0.4, -0.2) is 40.6 Å². The maximum Gasteiger partial charge on any atom is 0.321 e.